The van der Waals surface area contributed by atoms with Gasteiger partial charge in [0.15, 0.2) is 0 Å². The second kappa shape index (κ2) is 6.45. The maximum Gasteiger partial charge on any atom is 0.247 e. The Hall–Kier alpha value is -1.72. The number of benzene rings is 1. The molecule has 0 fully saturated rings. The minimum Gasteiger partial charge on any atom is -0.419 e. The van der Waals surface area contributed by atoms with Crippen LogP contribution in [0.25, 0.3) is 11.5 Å². The molecule has 1 aromatic heterocycles. The third-order valence-electron chi connectivity index (χ3n) is 2.74. The SMILES string of the molecule is Cc1cccc(-c2nnc(CNCCN(C)C)o2)c1. The lowest BCUT2D eigenvalue weighted by Gasteiger charge is -2.08. The molecule has 2 aromatic rings. The van der Waals surface area contributed by atoms with Crippen molar-refractivity contribution in [3.05, 3.63) is 35.7 Å². The van der Waals surface area contributed by atoms with Gasteiger partial charge in [0, 0.05) is 18.7 Å². The summed E-state index contributed by atoms with van der Waals surface area (Å²) in [6.07, 6.45) is 0. The van der Waals surface area contributed by atoms with Crippen LogP contribution in [0.3, 0.4) is 0 Å². The van der Waals surface area contributed by atoms with Gasteiger partial charge in [0.1, 0.15) is 0 Å². The number of likely N-dealkylation sites (N-methyl/N-ethyl adjacent to an activating group) is 1. The molecule has 0 bridgehead atoms. The molecule has 0 aliphatic rings. The first-order chi connectivity index (χ1) is 9.15. The minimum atomic E-state index is 0.577. The molecule has 1 N–H and O–H groups in total. The van der Waals surface area contributed by atoms with Crippen LogP contribution in [0.1, 0.15) is 11.5 Å². The number of aryl methyl sites for hydroxylation is 1. The first kappa shape index (κ1) is 13.7. The zero-order valence-corrected chi connectivity index (χ0v) is 11.7. The molecule has 0 radical (unpaired) electrons. The van der Waals surface area contributed by atoms with Gasteiger partial charge in [-0.1, -0.05) is 17.7 Å². The molecule has 19 heavy (non-hydrogen) atoms. The fraction of sp³-hybridized carbons (Fsp3) is 0.429. The van der Waals surface area contributed by atoms with Crippen molar-refractivity contribution in [2.45, 2.75) is 13.5 Å². The molecular weight excluding hydrogens is 240 g/mol. The fourth-order valence-electron chi connectivity index (χ4n) is 1.72. The van der Waals surface area contributed by atoms with Crippen LogP contribution in [0.5, 0.6) is 0 Å². The highest BCUT2D eigenvalue weighted by Gasteiger charge is 2.07. The summed E-state index contributed by atoms with van der Waals surface area (Å²) in [5.41, 5.74) is 2.15. The van der Waals surface area contributed by atoms with Gasteiger partial charge in [-0.05, 0) is 33.2 Å². The molecule has 0 unspecified atom stereocenters. The lowest BCUT2D eigenvalue weighted by Crippen LogP contribution is -2.26. The highest BCUT2D eigenvalue weighted by Crippen LogP contribution is 2.18. The van der Waals surface area contributed by atoms with Gasteiger partial charge in [-0.3, -0.25) is 0 Å². The number of aromatic nitrogens is 2. The molecule has 0 amide bonds. The van der Waals surface area contributed by atoms with Gasteiger partial charge < -0.3 is 14.6 Å². The Morgan fingerprint density at radius 3 is 2.84 bits per heavy atom. The van der Waals surface area contributed by atoms with Gasteiger partial charge in [0.2, 0.25) is 11.8 Å². The second-order valence-corrected chi connectivity index (χ2v) is 4.85. The van der Waals surface area contributed by atoms with Gasteiger partial charge in [-0.25, -0.2) is 0 Å². The molecular formula is C14H20N4O. The van der Waals surface area contributed by atoms with E-state index in [-0.39, 0.29) is 0 Å². The molecule has 1 heterocycles. The molecule has 0 saturated heterocycles. The predicted molar refractivity (Wildman–Crippen MR) is 74.7 cm³/mol. The maximum absolute atomic E-state index is 5.63. The van der Waals surface area contributed by atoms with Crippen molar-refractivity contribution >= 4 is 0 Å². The van der Waals surface area contributed by atoms with Crippen LogP contribution in [0.2, 0.25) is 0 Å². The number of nitrogens with zero attached hydrogens (tertiary/aromatic N) is 3. The molecule has 0 saturated carbocycles. The molecule has 102 valence electrons. The van der Waals surface area contributed by atoms with Crippen LogP contribution in [-0.2, 0) is 6.54 Å². The highest BCUT2D eigenvalue weighted by molar-refractivity contribution is 5.53. The minimum absolute atomic E-state index is 0.577. The van der Waals surface area contributed by atoms with Crippen LogP contribution < -0.4 is 5.32 Å². The maximum atomic E-state index is 5.63. The molecule has 0 aliphatic carbocycles. The Labute approximate surface area is 113 Å². The summed E-state index contributed by atoms with van der Waals surface area (Å²) in [7, 11) is 4.09. The summed E-state index contributed by atoms with van der Waals surface area (Å²) in [4.78, 5) is 2.12. The van der Waals surface area contributed by atoms with Crippen LogP contribution in [0, 0.1) is 6.92 Å². The van der Waals surface area contributed by atoms with E-state index in [4.69, 9.17) is 4.42 Å². The summed E-state index contributed by atoms with van der Waals surface area (Å²) in [6, 6.07) is 8.05. The van der Waals surface area contributed by atoms with Crippen molar-refractivity contribution in [2.24, 2.45) is 0 Å². The Kier molecular flexibility index (Phi) is 4.65. The number of hydrogen-bond acceptors (Lipinski definition) is 5. The average molecular weight is 260 g/mol. The second-order valence-electron chi connectivity index (χ2n) is 4.85. The molecule has 0 aliphatic heterocycles. The largest absolute Gasteiger partial charge is 0.419 e. The molecule has 1 aromatic carbocycles. The third kappa shape index (κ3) is 4.15. The van der Waals surface area contributed by atoms with E-state index in [1.165, 1.54) is 5.56 Å². The Morgan fingerprint density at radius 2 is 2.11 bits per heavy atom. The lowest BCUT2D eigenvalue weighted by atomic mass is 10.1. The van der Waals surface area contributed by atoms with E-state index in [0.29, 0.717) is 18.3 Å². The third-order valence-corrected chi connectivity index (χ3v) is 2.74. The normalized spacial score (nSPS) is 11.2. The lowest BCUT2D eigenvalue weighted by molar-refractivity contribution is 0.390. The fourth-order valence-corrected chi connectivity index (χ4v) is 1.72. The standard InChI is InChI=1S/C14H20N4O/c1-11-5-4-6-12(9-11)14-17-16-13(19-14)10-15-7-8-18(2)3/h4-6,9,15H,7-8,10H2,1-3H3. The van der Waals surface area contributed by atoms with Crippen LogP contribution in [-0.4, -0.2) is 42.3 Å². The van der Waals surface area contributed by atoms with Gasteiger partial charge in [-0.15, -0.1) is 10.2 Å². The van der Waals surface area contributed by atoms with Crippen molar-refractivity contribution in [1.82, 2.24) is 20.4 Å². The number of hydrogen-bond donors (Lipinski definition) is 1. The summed E-state index contributed by atoms with van der Waals surface area (Å²) in [5, 5.41) is 11.4. The zero-order chi connectivity index (χ0) is 13.7. The molecule has 0 spiro atoms. The summed E-state index contributed by atoms with van der Waals surface area (Å²) >= 11 is 0. The Morgan fingerprint density at radius 1 is 1.26 bits per heavy atom. The van der Waals surface area contributed by atoms with Gasteiger partial charge >= 0.3 is 0 Å². The predicted octanol–water partition coefficient (Wildman–Crippen LogP) is 1.70. The van der Waals surface area contributed by atoms with E-state index < -0.39 is 0 Å². The van der Waals surface area contributed by atoms with Gasteiger partial charge in [0.25, 0.3) is 0 Å². The Bertz CT molecular complexity index is 522. The van der Waals surface area contributed by atoms with E-state index >= 15 is 0 Å². The first-order valence-corrected chi connectivity index (χ1v) is 6.40. The Balaban J connectivity index is 1.92. The van der Waals surface area contributed by atoms with Crippen LogP contribution >= 0.6 is 0 Å². The molecule has 5 heteroatoms. The van der Waals surface area contributed by atoms with E-state index in [2.05, 4.69) is 20.4 Å². The van der Waals surface area contributed by atoms with E-state index in [0.717, 1.165) is 18.7 Å². The van der Waals surface area contributed by atoms with Crippen LogP contribution in [0.15, 0.2) is 28.7 Å². The van der Waals surface area contributed by atoms with Crippen molar-refractivity contribution in [2.75, 3.05) is 27.2 Å². The molecule has 5 nitrogen and oxygen atoms in total. The monoisotopic (exact) mass is 260 g/mol. The highest BCUT2D eigenvalue weighted by atomic mass is 16.4. The smallest absolute Gasteiger partial charge is 0.247 e. The summed E-state index contributed by atoms with van der Waals surface area (Å²) in [5.74, 6) is 1.20. The first-order valence-electron chi connectivity index (χ1n) is 6.40. The van der Waals surface area contributed by atoms with Gasteiger partial charge in [-0.2, -0.15) is 0 Å². The summed E-state index contributed by atoms with van der Waals surface area (Å²) < 4.78 is 5.63. The molecule has 2 rings (SSSR count). The van der Waals surface area contributed by atoms with E-state index in [1.54, 1.807) is 0 Å². The quantitative estimate of drug-likeness (QED) is 0.801. The number of rotatable bonds is 6. The van der Waals surface area contributed by atoms with Crippen molar-refractivity contribution in [3.63, 3.8) is 0 Å². The number of nitrogens with one attached hydrogen (secondary N) is 1. The van der Waals surface area contributed by atoms with Crippen molar-refractivity contribution in [1.29, 1.82) is 0 Å². The average Bonchev–Trinajstić information content (AvgIpc) is 2.83. The van der Waals surface area contributed by atoms with Gasteiger partial charge in [0.05, 0.1) is 6.54 Å². The topological polar surface area (TPSA) is 54.2 Å². The van der Waals surface area contributed by atoms with E-state index in [1.807, 2.05) is 45.3 Å². The molecule has 0 atom stereocenters. The summed E-state index contributed by atoms with van der Waals surface area (Å²) in [6.45, 7) is 4.53. The van der Waals surface area contributed by atoms with Crippen LogP contribution in [0.4, 0.5) is 0 Å². The van der Waals surface area contributed by atoms with Crippen molar-refractivity contribution in [3.8, 4) is 11.5 Å². The zero-order valence-electron chi connectivity index (χ0n) is 11.7. The van der Waals surface area contributed by atoms with E-state index in [9.17, 15) is 0 Å². The van der Waals surface area contributed by atoms with Crippen molar-refractivity contribution < 1.29 is 4.42 Å².